The first kappa shape index (κ1) is 16.4. The summed E-state index contributed by atoms with van der Waals surface area (Å²) in [5, 5.41) is 1.13. The summed E-state index contributed by atoms with van der Waals surface area (Å²) < 4.78 is 5.14. The fourth-order valence-corrected chi connectivity index (χ4v) is 3.48. The van der Waals surface area contributed by atoms with Gasteiger partial charge < -0.3 is 9.72 Å². The Labute approximate surface area is 151 Å². The Morgan fingerprint density at radius 1 is 1.23 bits per heavy atom. The standard InChI is InChI=1S/C21H20N2O3/c1-14-7-9-18-17(11-14)16(12-22-18)8-10-20(24)23-19(13-26-21(23)25)15-5-3-2-4-6-15/h2-7,9,11-12,19,22H,8,10,13H2,1H3/t19-/m1/s1. The van der Waals surface area contributed by atoms with Crippen LogP contribution in [0, 0.1) is 6.92 Å². The monoisotopic (exact) mass is 348 g/mol. The van der Waals surface area contributed by atoms with Crippen LogP contribution in [0.2, 0.25) is 0 Å². The number of H-pyrrole nitrogens is 1. The highest BCUT2D eigenvalue weighted by atomic mass is 16.6. The van der Waals surface area contributed by atoms with Crippen molar-refractivity contribution in [1.82, 2.24) is 9.88 Å². The van der Waals surface area contributed by atoms with Gasteiger partial charge in [0, 0.05) is 23.5 Å². The molecule has 0 radical (unpaired) electrons. The Morgan fingerprint density at radius 3 is 2.85 bits per heavy atom. The molecule has 132 valence electrons. The van der Waals surface area contributed by atoms with E-state index in [0.717, 1.165) is 22.0 Å². The van der Waals surface area contributed by atoms with Crippen LogP contribution in [-0.4, -0.2) is 28.5 Å². The van der Waals surface area contributed by atoms with E-state index in [2.05, 4.69) is 17.1 Å². The SMILES string of the molecule is Cc1ccc2[nH]cc(CCC(=O)N3C(=O)OC[C@@H]3c3ccccc3)c2c1. The van der Waals surface area contributed by atoms with Crippen LogP contribution in [-0.2, 0) is 16.0 Å². The molecule has 26 heavy (non-hydrogen) atoms. The van der Waals surface area contributed by atoms with Gasteiger partial charge >= 0.3 is 6.09 Å². The molecule has 1 aliphatic rings. The van der Waals surface area contributed by atoms with Gasteiger partial charge in [0.2, 0.25) is 5.91 Å². The maximum atomic E-state index is 12.8. The van der Waals surface area contributed by atoms with E-state index in [1.165, 1.54) is 10.5 Å². The molecule has 4 rings (SSSR count). The molecule has 2 aromatic carbocycles. The average Bonchev–Trinajstić information content (AvgIpc) is 3.23. The van der Waals surface area contributed by atoms with Crippen LogP contribution in [0.4, 0.5) is 4.79 Å². The van der Waals surface area contributed by atoms with Gasteiger partial charge in [0.25, 0.3) is 0 Å². The van der Waals surface area contributed by atoms with Crippen LogP contribution < -0.4 is 0 Å². The lowest BCUT2D eigenvalue weighted by atomic mass is 10.0. The molecule has 1 N–H and O–H groups in total. The number of cyclic esters (lactones) is 1. The molecule has 2 heterocycles. The first-order valence-electron chi connectivity index (χ1n) is 8.74. The molecule has 0 saturated carbocycles. The molecule has 1 aromatic heterocycles. The number of aromatic amines is 1. The highest BCUT2D eigenvalue weighted by Gasteiger charge is 2.38. The number of fused-ring (bicyclic) bond motifs is 1. The summed E-state index contributed by atoms with van der Waals surface area (Å²) in [4.78, 5) is 29.3. The van der Waals surface area contributed by atoms with E-state index in [1.54, 1.807) is 0 Å². The second-order valence-electron chi connectivity index (χ2n) is 6.63. The van der Waals surface area contributed by atoms with Crippen molar-refractivity contribution in [3.8, 4) is 0 Å². The summed E-state index contributed by atoms with van der Waals surface area (Å²) in [6.45, 7) is 2.26. The van der Waals surface area contributed by atoms with Crippen LogP contribution in [0.25, 0.3) is 10.9 Å². The number of imide groups is 1. The first-order chi connectivity index (χ1) is 12.6. The Morgan fingerprint density at radius 2 is 2.04 bits per heavy atom. The summed E-state index contributed by atoms with van der Waals surface area (Å²) in [7, 11) is 0. The summed E-state index contributed by atoms with van der Waals surface area (Å²) in [5.41, 5.74) is 4.23. The number of hydrogen-bond donors (Lipinski definition) is 1. The zero-order valence-electron chi connectivity index (χ0n) is 14.6. The molecule has 0 spiro atoms. The van der Waals surface area contributed by atoms with Crippen molar-refractivity contribution in [2.75, 3.05) is 6.61 Å². The molecular weight excluding hydrogens is 328 g/mol. The number of carbonyl (C=O) groups is 2. The third-order valence-corrected chi connectivity index (χ3v) is 4.86. The molecule has 1 aliphatic heterocycles. The number of benzene rings is 2. The number of hydrogen-bond acceptors (Lipinski definition) is 3. The minimum atomic E-state index is -0.557. The van der Waals surface area contributed by atoms with Crippen molar-refractivity contribution in [2.24, 2.45) is 0 Å². The van der Waals surface area contributed by atoms with Crippen LogP contribution in [0.15, 0.2) is 54.7 Å². The Balaban J connectivity index is 1.51. The van der Waals surface area contributed by atoms with E-state index in [0.29, 0.717) is 6.42 Å². The van der Waals surface area contributed by atoms with Crippen molar-refractivity contribution in [1.29, 1.82) is 0 Å². The van der Waals surface area contributed by atoms with Crippen molar-refractivity contribution in [2.45, 2.75) is 25.8 Å². The molecule has 1 atom stereocenters. The number of aryl methyl sites for hydroxylation is 2. The normalized spacial score (nSPS) is 16.9. The molecule has 1 saturated heterocycles. The molecule has 0 aliphatic carbocycles. The zero-order valence-corrected chi connectivity index (χ0v) is 14.6. The second-order valence-corrected chi connectivity index (χ2v) is 6.63. The summed E-state index contributed by atoms with van der Waals surface area (Å²) in [5.74, 6) is -0.205. The van der Waals surface area contributed by atoms with E-state index in [1.807, 2.05) is 49.5 Å². The van der Waals surface area contributed by atoms with E-state index in [9.17, 15) is 9.59 Å². The van der Waals surface area contributed by atoms with Gasteiger partial charge in [-0.05, 0) is 36.6 Å². The number of ether oxygens (including phenoxy) is 1. The number of nitrogens with one attached hydrogen (secondary N) is 1. The average molecular weight is 348 g/mol. The fraction of sp³-hybridized carbons (Fsp3) is 0.238. The topological polar surface area (TPSA) is 62.4 Å². The van der Waals surface area contributed by atoms with E-state index in [-0.39, 0.29) is 25.0 Å². The summed E-state index contributed by atoms with van der Waals surface area (Å²) in [6.07, 6.45) is 2.22. The molecule has 5 heteroatoms. The Kier molecular flexibility index (Phi) is 4.21. The van der Waals surface area contributed by atoms with Crippen molar-refractivity contribution < 1.29 is 14.3 Å². The zero-order chi connectivity index (χ0) is 18.1. The van der Waals surface area contributed by atoms with Crippen molar-refractivity contribution >= 4 is 22.9 Å². The quantitative estimate of drug-likeness (QED) is 0.771. The third-order valence-electron chi connectivity index (χ3n) is 4.86. The predicted molar refractivity (Wildman–Crippen MR) is 98.7 cm³/mol. The lowest BCUT2D eigenvalue weighted by Gasteiger charge is -2.19. The molecule has 2 amide bonds. The highest BCUT2D eigenvalue weighted by Crippen LogP contribution is 2.29. The molecule has 1 fully saturated rings. The van der Waals surface area contributed by atoms with E-state index >= 15 is 0 Å². The van der Waals surface area contributed by atoms with Crippen LogP contribution in [0.5, 0.6) is 0 Å². The second kappa shape index (κ2) is 6.67. The van der Waals surface area contributed by atoms with Gasteiger partial charge in [-0.1, -0.05) is 42.0 Å². The number of aromatic nitrogens is 1. The smallest absolute Gasteiger partial charge is 0.417 e. The fourth-order valence-electron chi connectivity index (χ4n) is 3.48. The number of amides is 2. The van der Waals surface area contributed by atoms with Gasteiger partial charge in [0.15, 0.2) is 0 Å². The lowest BCUT2D eigenvalue weighted by molar-refractivity contribution is -0.129. The summed E-state index contributed by atoms with van der Waals surface area (Å²) >= 11 is 0. The molecular formula is C21H20N2O3. The first-order valence-corrected chi connectivity index (χ1v) is 8.74. The van der Waals surface area contributed by atoms with Gasteiger partial charge in [0.05, 0.1) is 0 Å². The van der Waals surface area contributed by atoms with E-state index in [4.69, 9.17) is 4.74 Å². The number of nitrogens with zero attached hydrogens (tertiary/aromatic N) is 1. The minimum Gasteiger partial charge on any atom is -0.446 e. The van der Waals surface area contributed by atoms with Crippen molar-refractivity contribution in [3.05, 3.63) is 71.4 Å². The van der Waals surface area contributed by atoms with Crippen LogP contribution in [0.3, 0.4) is 0 Å². The highest BCUT2D eigenvalue weighted by molar-refractivity contribution is 5.94. The predicted octanol–water partition coefficient (Wildman–Crippen LogP) is 4.13. The number of rotatable bonds is 4. The molecule has 0 bridgehead atoms. The molecule has 5 nitrogen and oxygen atoms in total. The summed E-state index contributed by atoms with van der Waals surface area (Å²) in [6, 6.07) is 15.4. The van der Waals surface area contributed by atoms with Gasteiger partial charge in [-0.3, -0.25) is 4.79 Å². The largest absolute Gasteiger partial charge is 0.446 e. The molecule has 0 unspecified atom stereocenters. The van der Waals surface area contributed by atoms with Gasteiger partial charge in [-0.15, -0.1) is 0 Å². The maximum Gasteiger partial charge on any atom is 0.417 e. The Hall–Kier alpha value is -3.08. The van der Waals surface area contributed by atoms with Gasteiger partial charge in [-0.25, -0.2) is 9.69 Å². The van der Waals surface area contributed by atoms with Gasteiger partial charge in [0.1, 0.15) is 12.6 Å². The van der Waals surface area contributed by atoms with Crippen LogP contribution >= 0.6 is 0 Å². The van der Waals surface area contributed by atoms with Crippen LogP contribution in [0.1, 0.15) is 29.2 Å². The third kappa shape index (κ3) is 2.96. The minimum absolute atomic E-state index is 0.205. The maximum absolute atomic E-state index is 12.8. The van der Waals surface area contributed by atoms with Gasteiger partial charge in [-0.2, -0.15) is 0 Å². The molecule has 3 aromatic rings. The van der Waals surface area contributed by atoms with Crippen molar-refractivity contribution in [3.63, 3.8) is 0 Å². The number of carbonyl (C=O) groups excluding carboxylic acids is 2. The lowest BCUT2D eigenvalue weighted by Crippen LogP contribution is -2.34. The van der Waals surface area contributed by atoms with E-state index < -0.39 is 6.09 Å². The Bertz CT molecular complexity index is 962.